The molecule has 1 spiro atoms. The number of ether oxygens (including phenoxy) is 1. The average Bonchev–Trinajstić information content (AvgIpc) is 2.97. The predicted molar refractivity (Wildman–Crippen MR) is 113 cm³/mol. The molecule has 0 aromatic rings. The molecule has 2 heterocycles. The molecule has 6 atom stereocenters. The first-order valence-corrected chi connectivity index (χ1v) is 13.9. The standard InChI is InChI=1S/C23H35NO3Si/c1-21(2,3)28(5,6)23(26)10-9-14-13-16-15-7-8-17(25)19-22(15,11-12-24(16)4)18(14)20(23)27-19/h7-9,15-17,19,25-26H,10-13H2,1-6H3/t15-,16+,17-,19-,22-,23?/m0/s1. The van der Waals surface area contributed by atoms with Crippen LogP contribution >= 0.6 is 0 Å². The van der Waals surface area contributed by atoms with Crippen LogP contribution in [0.15, 0.2) is 35.1 Å². The minimum Gasteiger partial charge on any atom is -0.488 e. The maximum absolute atomic E-state index is 12.2. The molecule has 0 radical (unpaired) electrons. The van der Waals surface area contributed by atoms with Gasteiger partial charge in [-0.3, -0.25) is 0 Å². The molecule has 1 unspecified atom stereocenters. The number of rotatable bonds is 1. The van der Waals surface area contributed by atoms with Crippen LogP contribution in [0.3, 0.4) is 0 Å². The summed E-state index contributed by atoms with van der Waals surface area (Å²) in [5.41, 5.74) is 2.46. The van der Waals surface area contributed by atoms with Gasteiger partial charge in [0.15, 0.2) is 0 Å². The van der Waals surface area contributed by atoms with Crippen LogP contribution in [0.2, 0.25) is 18.1 Å². The molecule has 2 fully saturated rings. The smallest absolute Gasteiger partial charge is 0.138 e. The van der Waals surface area contributed by atoms with Crippen LogP contribution in [0.5, 0.6) is 0 Å². The van der Waals surface area contributed by atoms with Gasteiger partial charge in [-0.2, -0.15) is 0 Å². The summed E-state index contributed by atoms with van der Waals surface area (Å²) in [4.78, 5) is 2.49. The van der Waals surface area contributed by atoms with Gasteiger partial charge < -0.3 is 19.8 Å². The van der Waals surface area contributed by atoms with Crippen molar-refractivity contribution >= 4 is 8.07 Å². The summed E-state index contributed by atoms with van der Waals surface area (Å²) in [6, 6.07) is 0.456. The van der Waals surface area contributed by atoms with Gasteiger partial charge in [0, 0.05) is 22.9 Å². The summed E-state index contributed by atoms with van der Waals surface area (Å²) >= 11 is 0. The van der Waals surface area contributed by atoms with E-state index in [-0.39, 0.29) is 16.6 Å². The van der Waals surface area contributed by atoms with Crippen molar-refractivity contribution in [2.24, 2.45) is 11.3 Å². The van der Waals surface area contributed by atoms with Gasteiger partial charge in [0.2, 0.25) is 0 Å². The second kappa shape index (κ2) is 5.42. The molecule has 4 nitrogen and oxygen atoms in total. The summed E-state index contributed by atoms with van der Waals surface area (Å²) in [5, 5.41) is 22.3. The maximum atomic E-state index is 12.2. The highest BCUT2D eigenvalue weighted by atomic mass is 28.3. The molecule has 5 aliphatic rings. The number of likely N-dealkylation sites (tertiary alicyclic amines) is 1. The second-order valence-corrected chi connectivity index (χ2v) is 16.9. The van der Waals surface area contributed by atoms with Crippen molar-refractivity contribution < 1.29 is 14.9 Å². The zero-order chi connectivity index (χ0) is 20.3. The molecule has 0 aromatic carbocycles. The largest absolute Gasteiger partial charge is 0.488 e. The zero-order valence-electron chi connectivity index (χ0n) is 18.1. The second-order valence-electron chi connectivity index (χ2n) is 11.4. The summed E-state index contributed by atoms with van der Waals surface area (Å²) in [5.74, 6) is 1.18. The third kappa shape index (κ3) is 1.97. The summed E-state index contributed by atoms with van der Waals surface area (Å²) < 4.78 is 6.67. The molecule has 1 saturated heterocycles. The van der Waals surface area contributed by atoms with Crippen LogP contribution in [-0.2, 0) is 4.74 Å². The van der Waals surface area contributed by atoms with Crippen molar-refractivity contribution in [2.45, 2.75) is 81.6 Å². The molecular weight excluding hydrogens is 366 g/mol. The molecular formula is C23H35NO3Si. The summed E-state index contributed by atoms with van der Waals surface area (Å²) in [7, 11) is 0.0578. The first kappa shape index (κ1) is 19.1. The number of hydrogen-bond donors (Lipinski definition) is 2. The number of nitrogens with zero attached hydrogens (tertiary/aromatic N) is 1. The number of aliphatic hydroxyl groups excluding tert-OH is 1. The first-order chi connectivity index (χ1) is 12.9. The maximum Gasteiger partial charge on any atom is 0.138 e. The molecule has 154 valence electrons. The molecule has 2 N–H and O–H groups in total. The normalized spacial score (nSPS) is 44.9. The van der Waals surface area contributed by atoms with E-state index in [0.29, 0.717) is 18.4 Å². The molecule has 0 aromatic heterocycles. The van der Waals surface area contributed by atoms with E-state index < -0.39 is 19.4 Å². The van der Waals surface area contributed by atoms with Gasteiger partial charge in [0.1, 0.15) is 31.3 Å². The van der Waals surface area contributed by atoms with E-state index in [9.17, 15) is 10.2 Å². The lowest BCUT2D eigenvalue weighted by atomic mass is 9.51. The van der Waals surface area contributed by atoms with E-state index >= 15 is 0 Å². The SMILES string of the molecule is CN1CC[C@]23C4=C5O[C@H]2[C@@H](O)C=C[C@H]3[C@H]1CC4=CCC5(O)[Si](C)(C)C(C)(C)C. The molecule has 5 heteroatoms. The van der Waals surface area contributed by atoms with Crippen LogP contribution in [0.1, 0.15) is 40.0 Å². The Kier molecular flexibility index (Phi) is 3.70. The van der Waals surface area contributed by atoms with Crippen molar-refractivity contribution in [1.82, 2.24) is 4.90 Å². The van der Waals surface area contributed by atoms with E-state index in [4.69, 9.17) is 4.74 Å². The van der Waals surface area contributed by atoms with E-state index in [0.717, 1.165) is 25.1 Å². The monoisotopic (exact) mass is 401 g/mol. The number of piperidine rings is 1. The Morgan fingerprint density at radius 2 is 1.96 bits per heavy atom. The van der Waals surface area contributed by atoms with Crippen LogP contribution < -0.4 is 0 Å². The molecule has 5 rings (SSSR count). The van der Waals surface area contributed by atoms with E-state index in [1.807, 2.05) is 6.08 Å². The third-order valence-electron chi connectivity index (χ3n) is 9.40. The van der Waals surface area contributed by atoms with Crippen molar-refractivity contribution in [3.8, 4) is 0 Å². The summed E-state index contributed by atoms with van der Waals surface area (Å²) in [6.07, 6.45) is 8.29. The Balaban J connectivity index is 1.74. The Morgan fingerprint density at radius 3 is 2.64 bits per heavy atom. The van der Waals surface area contributed by atoms with Crippen LogP contribution in [0.4, 0.5) is 0 Å². The quantitative estimate of drug-likeness (QED) is 0.522. The van der Waals surface area contributed by atoms with Gasteiger partial charge in [-0.15, -0.1) is 0 Å². The van der Waals surface area contributed by atoms with Gasteiger partial charge >= 0.3 is 0 Å². The van der Waals surface area contributed by atoms with Gasteiger partial charge in [0.05, 0.1) is 0 Å². The number of hydrogen-bond acceptors (Lipinski definition) is 4. The Bertz CT molecular complexity index is 822. The lowest BCUT2D eigenvalue weighted by molar-refractivity contribution is -0.0973. The minimum atomic E-state index is -2.17. The van der Waals surface area contributed by atoms with Crippen molar-refractivity contribution in [1.29, 1.82) is 0 Å². The molecule has 3 aliphatic carbocycles. The van der Waals surface area contributed by atoms with Crippen LogP contribution in [-0.4, -0.2) is 60.3 Å². The molecule has 1 saturated carbocycles. The molecule has 28 heavy (non-hydrogen) atoms. The summed E-state index contributed by atoms with van der Waals surface area (Å²) in [6.45, 7) is 12.4. The van der Waals surface area contributed by atoms with Gasteiger partial charge in [0.25, 0.3) is 0 Å². The number of aliphatic hydroxyl groups is 2. The highest BCUT2D eigenvalue weighted by molar-refractivity contribution is 6.83. The van der Waals surface area contributed by atoms with Gasteiger partial charge in [-0.25, -0.2) is 0 Å². The van der Waals surface area contributed by atoms with Crippen molar-refractivity contribution in [3.63, 3.8) is 0 Å². The van der Waals surface area contributed by atoms with E-state index in [1.54, 1.807) is 0 Å². The first-order valence-electron chi connectivity index (χ1n) is 10.9. The highest BCUT2D eigenvalue weighted by Gasteiger charge is 2.69. The Morgan fingerprint density at radius 1 is 1.25 bits per heavy atom. The lowest BCUT2D eigenvalue weighted by Gasteiger charge is -2.58. The van der Waals surface area contributed by atoms with Crippen LogP contribution in [0.25, 0.3) is 0 Å². The predicted octanol–water partition coefficient (Wildman–Crippen LogP) is 3.39. The van der Waals surface area contributed by atoms with Gasteiger partial charge in [-0.05, 0) is 43.5 Å². The molecule has 2 aliphatic heterocycles. The van der Waals surface area contributed by atoms with E-state index in [2.05, 4.69) is 58.0 Å². The minimum absolute atomic E-state index is 0.0374. The topological polar surface area (TPSA) is 52.9 Å². The van der Waals surface area contributed by atoms with Crippen molar-refractivity contribution in [2.75, 3.05) is 13.6 Å². The van der Waals surface area contributed by atoms with Gasteiger partial charge in [-0.1, -0.05) is 52.1 Å². The fourth-order valence-corrected chi connectivity index (χ4v) is 9.26. The van der Waals surface area contributed by atoms with Crippen molar-refractivity contribution in [3.05, 3.63) is 35.1 Å². The van der Waals surface area contributed by atoms with E-state index in [1.165, 1.54) is 11.1 Å². The fraction of sp³-hybridized carbons (Fsp3) is 0.739. The zero-order valence-corrected chi connectivity index (χ0v) is 19.1. The molecule has 2 bridgehead atoms. The highest BCUT2D eigenvalue weighted by Crippen LogP contribution is 2.67. The third-order valence-corrected chi connectivity index (χ3v) is 15.7. The lowest BCUT2D eigenvalue weighted by Crippen LogP contribution is -2.63. The Labute approximate surface area is 170 Å². The average molecular weight is 402 g/mol. The van der Waals surface area contributed by atoms with Crippen LogP contribution in [0, 0.1) is 11.3 Å². The fourth-order valence-electron chi connectivity index (χ4n) is 6.66. The Hall–Kier alpha value is -0.883. The molecule has 0 amide bonds.